The first-order valence-corrected chi connectivity index (χ1v) is 6.14. The average molecular weight is 279 g/mol. The van der Waals surface area contributed by atoms with Crippen molar-refractivity contribution in [2.45, 2.75) is 12.8 Å². The number of aromatic nitrogens is 1. The molecule has 1 aromatic carbocycles. The Morgan fingerprint density at radius 1 is 1.21 bits per heavy atom. The zero-order valence-electron chi connectivity index (χ0n) is 10.4. The lowest BCUT2D eigenvalue weighted by Gasteiger charge is -2.19. The molecule has 2 heterocycles. The maximum Gasteiger partial charge on any atom is 0.339 e. The summed E-state index contributed by atoms with van der Waals surface area (Å²) in [6.07, 6.45) is 2.21. The lowest BCUT2D eigenvalue weighted by atomic mass is 10.1. The number of carbonyl (C=O) groups is 1. The van der Waals surface area contributed by atoms with Crippen molar-refractivity contribution in [3.8, 4) is 0 Å². The Balaban J connectivity index is 0.00000133. The summed E-state index contributed by atoms with van der Waals surface area (Å²) in [6, 6.07) is 9.34. The Kier molecular flexibility index (Phi) is 3.90. The van der Waals surface area contributed by atoms with Crippen molar-refractivity contribution in [3.63, 3.8) is 0 Å². The SMILES string of the molecule is Cl.O=C(O)c1cc2ccccc2nc1N1CCCC1. The number of hydrogen-bond acceptors (Lipinski definition) is 3. The minimum Gasteiger partial charge on any atom is -0.478 e. The molecule has 1 fully saturated rings. The van der Waals surface area contributed by atoms with Gasteiger partial charge in [0.05, 0.1) is 5.52 Å². The van der Waals surface area contributed by atoms with Gasteiger partial charge in [0.25, 0.3) is 0 Å². The number of aromatic carboxylic acids is 1. The third-order valence-electron chi connectivity index (χ3n) is 3.34. The maximum absolute atomic E-state index is 11.4. The first-order valence-electron chi connectivity index (χ1n) is 6.14. The van der Waals surface area contributed by atoms with Gasteiger partial charge in [0.1, 0.15) is 11.4 Å². The van der Waals surface area contributed by atoms with Crippen LogP contribution in [0, 0.1) is 0 Å². The lowest BCUT2D eigenvalue weighted by molar-refractivity contribution is 0.0697. The van der Waals surface area contributed by atoms with E-state index in [4.69, 9.17) is 0 Å². The van der Waals surface area contributed by atoms with Gasteiger partial charge in [-0.15, -0.1) is 12.4 Å². The van der Waals surface area contributed by atoms with Crippen LogP contribution in [-0.4, -0.2) is 29.1 Å². The molecule has 0 amide bonds. The summed E-state index contributed by atoms with van der Waals surface area (Å²) in [6.45, 7) is 1.79. The van der Waals surface area contributed by atoms with E-state index in [2.05, 4.69) is 9.88 Å². The van der Waals surface area contributed by atoms with Crippen LogP contribution in [0.3, 0.4) is 0 Å². The van der Waals surface area contributed by atoms with Crippen LogP contribution in [-0.2, 0) is 0 Å². The Morgan fingerprint density at radius 3 is 2.58 bits per heavy atom. The van der Waals surface area contributed by atoms with Crippen molar-refractivity contribution in [2.24, 2.45) is 0 Å². The minimum atomic E-state index is -0.907. The number of anilines is 1. The van der Waals surface area contributed by atoms with Crippen LogP contribution >= 0.6 is 12.4 Å². The molecule has 3 rings (SSSR count). The van der Waals surface area contributed by atoms with Crippen LogP contribution in [0.25, 0.3) is 10.9 Å². The molecule has 0 spiro atoms. The van der Waals surface area contributed by atoms with Crippen molar-refractivity contribution in [1.82, 2.24) is 4.98 Å². The number of para-hydroxylation sites is 1. The van der Waals surface area contributed by atoms with Crippen LogP contribution in [0.4, 0.5) is 5.82 Å². The molecule has 1 N–H and O–H groups in total. The van der Waals surface area contributed by atoms with Gasteiger partial charge in [-0.25, -0.2) is 9.78 Å². The number of hydrogen-bond donors (Lipinski definition) is 1. The van der Waals surface area contributed by atoms with Crippen LogP contribution in [0.2, 0.25) is 0 Å². The number of rotatable bonds is 2. The fraction of sp³-hybridized carbons (Fsp3) is 0.286. The fourth-order valence-electron chi connectivity index (χ4n) is 2.43. The number of halogens is 1. The van der Waals surface area contributed by atoms with Crippen LogP contribution in [0.15, 0.2) is 30.3 Å². The standard InChI is InChI=1S/C14H14N2O2.ClH/c17-14(18)11-9-10-5-1-2-6-12(10)15-13(11)16-7-3-4-8-16;/h1-2,5-6,9H,3-4,7-8H2,(H,17,18);1H. The number of carboxylic acid groups (broad SMARTS) is 1. The molecule has 0 bridgehead atoms. The van der Waals surface area contributed by atoms with E-state index in [-0.39, 0.29) is 12.4 Å². The number of fused-ring (bicyclic) bond motifs is 1. The van der Waals surface area contributed by atoms with E-state index in [0.717, 1.165) is 36.8 Å². The van der Waals surface area contributed by atoms with E-state index in [1.54, 1.807) is 6.07 Å². The summed E-state index contributed by atoms with van der Waals surface area (Å²) in [5.41, 5.74) is 1.15. The Labute approximate surface area is 117 Å². The van der Waals surface area contributed by atoms with Gasteiger partial charge in [-0.05, 0) is 25.0 Å². The van der Waals surface area contributed by atoms with Crippen molar-refractivity contribution in [2.75, 3.05) is 18.0 Å². The third-order valence-corrected chi connectivity index (χ3v) is 3.34. The second-order valence-corrected chi connectivity index (χ2v) is 4.55. The summed E-state index contributed by atoms with van der Waals surface area (Å²) >= 11 is 0. The van der Waals surface area contributed by atoms with E-state index >= 15 is 0 Å². The number of nitrogens with zero attached hydrogens (tertiary/aromatic N) is 2. The molecule has 19 heavy (non-hydrogen) atoms. The van der Waals surface area contributed by atoms with E-state index < -0.39 is 5.97 Å². The van der Waals surface area contributed by atoms with Crippen molar-refractivity contribution < 1.29 is 9.90 Å². The molecule has 0 unspecified atom stereocenters. The number of pyridine rings is 1. The monoisotopic (exact) mass is 278 g/mol. The lowest BCUT2D eigenvalue weighted by Crippen LogP contribution is -2.22. The van der Waals surface area contributed by atoms with Crippen molar-refractivity contribution in [1.29, 1.82) is 0 Å². The van der Waals surface area contributed by atoms with Gasteiger partial charge in [-0.1, -0.05) is 18.2 Å². The van der Waals surface area contributed by atoms with Gasteiger partial charge >= 0.3 is 5.97 Å². The fourth-order valence-corrected chi connectivity index (χ4v) is 2.43. The second-order valence-electron chi connectivity index (χ2n) is 4.55. The van der Waals surface area contributed by atoms with Crippen molar-refractivity contribution >= 4 is 35.1 Å². The summed E-state index contributed by atoms with van der Waals surface area (Å²) in [4.78, 5) is 17.9. The van der Waals surface area contributed by atoms with Gasteiger partial charge < -0.3 is 10.0 Å². The average Bonchev–Trinajstić information content (AvgIpc) is 2.91. The molecule has 1 aliphatic heterocycles. The van der Waals surface area contributed by atoms with Crippen LogP contribution in [0.1, 0.15) is 23.2 Å². The highest BCUT2D eigenvalue weighted by molar-refractivity contribution is 5.98. The first kappa shape index (κ1) is 13.6. The van der Waals surface area contributed by atoms with Gasteiger partial charge in [0.2, 0.25) is 0 Å². The van der Waals surface area contributed by atoms with Crippen LogP contribution in [0.5, 0.6) is 0 Å². The quantitative estimate of drug-likeness (QED) is 0.918. The van der Waals surface area contributed by atoms with E-state index in [9.17, 15) is 9.90 Å². The molecule has 4 nitrogen and oxygen atoms in total. The molecule has 0 saturated carbocycles. The summed E-state index contributed by atoms with van der Waals surface area (Å²) < 4.78 is 0. The van der Waals surface area contributed by atoms with Gasteiger partial charge in [0, 0.05) is 18.5 Å². The summed E-state index contributed by atoms with van der Waals surface area (Å²) in [5, 5.41) is 10.2. The first-order chi connectivity index (χ1) is 8.75. The predicted molar refractivity (Wildman–Crippen MR) is 77.4 cm³/mol. The zero-order chi connectivity index (χ0) is 12.5. The van der Waals surface area contributed by atoms with Gasteiger partial charge in [0.15, 0.2) is 0 Å². The molecule has 100 valence electrons. The molecular formula is C14H15ClN2O2. The molecule has 2 aromatic rings. The maximum atomic E-state index is 11.4. The molecule has 0 atom stereocenters. The van der Waals surface area contributed by atoms with E-state index in [1.807, 2.05) is 24.3 Å². The molecule has 0 radical (unpaired) electrons. The second kappa shape index (κ2) is 5.45. The largest absolute Gasteiger partial charge is 0.478 e. The smallest absolute Gasteiger partial charge is 0.339 e. The third kappa shape index (κ3) is 2.49. The predicted octanol–water partition coefficient (Wildman–Crippen LogP) is 2.96. The normalized spacial score (nSPS) is 14.4. The van der Waals surface area contributed by atoms with E-state index in [1.165, 1.54) is 0 Å². The number of benzene rings is 1. The van der Waals surface area contributed by atoms with Gasteiger partial charge in [-0.3, -0.25) is 0 Å². The number of carboxylic acids is 1. The van der Waals surface area contributed by atoms with Crippen molar-refractivity contribution in [3.05, 3.63) is 35.9 Å². The highest BCUT2D eigenvalue weighted by Crippen LogP contribution is 2.26. The molecule has 0 aliphatic carbocycles. The Bertz CT molecular complexity index is 609. The van der Waals surface area contributed by atoms with E-state index in [0.29, 0.717) is 11.4 Å². The minimum absolute atomic E-state index is 0. The summed E-state index contributed by atoms with van der Waals surface area (Å²) in [5.74, 6) is -0.297. The molecule has 5 heteroatoms. The topological polar surface area (TPSA) is 53.4 Å². The molecule has 1 aromatic heterocycles. The highest BCUT2D eigenvalue weighted by Gasteiger charge is 2.21. The zero-order valence-corrected chi connectivity index (χ0v) is 11.2. The summed E-state index contributed by atoms with van der Waals surface area (Å²) in [7, 11) is 0. The highest BCUT2D eigenvalue weighted by atomic mass is 35.5. The van der Waals surface area contributed by atoms with Crippen LogP contribution < -0.4 is 4.90 Å². The Morgan fingerprint density at radius 2 is 1.89 bits per heavy atom. The molecular weight excluding hydrogens is 264 g/mol. The van der Waals surface area contributed by atoms with Gasteiger partial charge in [-0.2, -0.15) is 0 Å². The molecule has 1 aliphatic rings. The molecule has 1 saturated heterocycles. The Hall–Kier alpha value is -1.81.